The smallest absolute Gasteiger partial charge is 0.243 e. The van der Waals surface area contributed by atoms with Crippen molar-refractivity contribution in [3.05, 3.63) is 100 Å². The highest BCUT2D eigenvalue weighted by Crippen LogP contribution is 2.24. The number of hydrogen-bond donors (Lipinski definition) is 1. The van der Waals surface area contributed by atoms with Gasteiger partial charge >= 0.3 is 0 Å². The summed E-state index contributed by atoms with van der Waals surface area (Å²) in [5.41, 5.74) is 4.29. The van der Waals surface area contributed by atoms with Crippen LogP contribution in [0.1, 0.15) is 16.1 Å². The number of hydrogen-bond acceptors (Lipinski definition) is 5. The van der Waals surface area contributed by atoms with Crippen LogP contribution in [0.2, 0.25) is 0 Å². The molecule has 3 aromatic carbocycles. The summed E-state index contributed by atoms with van der Waals surface area (Å²) >= 11 is 1.56. The maximum absolute atomic E-state index is 13.4. The summed E-state index contributed by atoms with van der Waals surface area (Å²) in [7, 11) is -3.86. The Bertz CT molecular complexity index is 1400. The average molecular weight is 506 g/mol. The van der Waals surface area contributed by atoms with Crippen molar-refractivity contribution >= 4 is 33.0 Å². The third-order valence-electron chi connectivity index (χ3n) is 5.53. The molecule has 0 saturated heterocycles. The van der Waals surface area contributed by atoms with Crippen LogP contribution in [-0.2, 0) is 21.2 Å². The van der Waals surface area contributed by atoms with E-state index in [0.717, 1.165) is 27.4 Å². The molecule has 0 atom stereocenters. The van der Waals surface area contributed by atoms with E-state index in [4.69, 9.17) is 0 Å². The Hall–Kier alpha value is -3.33. The molecule has 6 nitrogen and oxygen atoms in total. The SMILES string of the molecule is Cc1ccc(S(=O)(=O)N(CCc2ccccc2)CC(=O)Nc2cccc(-c3csc(C)n3)c2)cc1. The van der Waals surface area contributed by atoms with E-state index in [-0.39, 0.29) is 18.0 Å². The van der Waals surface area contributed by atoms with E-state index in [1.165, 1.54) is 4.31 Å². The minimum absolute atomic E-state index is 0.171. The highest BCUT2D eigenvalue weighted by molar-refractivity contribution is 7.89. The molecule has 1 amide bonds. The van der Waals surface area contributed by atoms with Crippen molar-refractivity contribution in [3.63, 3.8) is 0 Å². The first kappa shape index (κ1) is 24.8. The number of aromatic nitrogens is 1. The first-order valence-corrected chi connectivity index (χ1v) is 13.6. The number of thiazole rings is 1. The molecule has 4 rings (SSSR count). The average Bonchev–Trinajstić information content (AvgIpc) is 3.29. The minimum atomic E-state index is -3.86. The maximum Gasteiger partial charge on any atom is 0.243 e. The Morgan fingerprint density at radius 3 is 2.40 bits per heavy atom. The van der Waals surface area contributed by atoms with Gasteiger partial charge in [0.1, 0.15) is 0 Å². The lowest BCUT2D eigenvalue weighted by Gasteiger charge is -2.22. The summed E-state index contributed by atoms with van der Waals surface area (Å²) in [6.45, 7) is 3.74. The number of aryl methyl sites for hydroxylation is 2. The van der Waals surface area contributed by atoms with Crippen molar-refractivity contribution in [1.82, 2.24) is 9.29 Å². The lowest BCUT2D eigenvalue weighted by Crippen LogP contribution is -2.39. The second-order valence-corrected chi connectivity index (χ2v) is 11.3. The Labute approximate surface area is 210 Å². The van der Waals surface area contributed by atoms with Gasteiger partial charge in [0.05, 0.1) is 22.1 Å². The molecule has 1 heterocycles. The number of carbonyl (C=O) groups is 1. The fourth-order valence-electron chi connectivity index (χ4n) is 3.65. The van der Waals surface area contributed by atoms with Gasteiger partial charge in [-0.05, 0) is 50.1 Å². The first-order valence-electron chi connectivity index (χ1n) is 11.2. The van der Waals surface area contributed by atoms with Crippen LogP contribution in [0.3, 0.4) is 0 Å². The number of sulfonamides is 1. The van der Waals surface area contributed by atoms with Crippen molar-refractivity contribution in [3.8, 4) is 11.3 Å². The predicted octanol–water partition coefficient (Wildman–Crippen LogP) is 5.30. The molecule has 0 aliphatic heterocycles. The summed E-state index contributed by atoms with van der Waals surface area (Å²) in [6.07, 6.45) is 0.498. The van der Waals surface area contributed by atoms with E-state index >= 15 is 0 Å². The van der Waals surface area contributed by atoms with Gasteiger partial charge in [-0.2, -0.15) is 4.31 Å². The normalized spacial score (nSPS) is 11.5. The number of rotatable bonds is 9. The van der Waals surface area contributed by atoms with Crippen LogP contribution >= 0.6 is 11.3 Å². The molecule has 1 N–H and O–H groups in total. The number of anilines is 1. The Morgan fingerprint density at radius 2 is 1.71 bits per heavy atom. The molecular weight excluding hydrogens is 478 g/mol. The zero-order chi connectivity index (χ0) is 24.8. The molecule has 0 aliphatic carbocycles. The van der Waals surface area contributed by atoms with Gasteiger partial charge in [-0.1, -0.05) is 60.2 Å². The molecule has 8 heteroatoms. The van der Waals surface area contributed by atoms with Crippen LogP contribution in [0.4, 0.5) is 5.69 Å². The number of amides is 1. The van der Waals surface area contributed by atoms with Crippen LogP contribution in [0, 0.1) is 13.8 Å². The van der Waals surface area contributed by atoms with Crippen molar-refractivity contribution in [2.75, 3.05) is 18.4 Å². The fourth-order valence-corrected chi connectivity index (χ4v) is 5.67. The Balaban J connectivity index is 1.53. The lowest BCUT2D eigenvalue weighted by molar-refractivity contribution is -0.116. The summed E-state index contributed by atoms with van der Waals surface area (Å²) in [5, 5.41) is 5.78. The molecule has 1 aromatic heterocycles. The van der Waals surface area contributed by atoms with Gasteiger partial charge in [-0.15, -0.1) is 11.3 Å². The molecule has 0 spiro atoms. The van der Waals surface area contributed by atoms with Crippen molar-refractivity contribution in [2.24, 2.45) is 0 Å². The first-order chi connectivity index (χ1) is 16.8. The number of nitrogens with one attached hydrogen (secondary N) is 1. The van der Waals surface area contributed by atoms with Crippen LogP contribution in [0.5, 0.6) is 0 Å². The highest BCUT2D eigenvalue weighted by atomic mass is 32.2. The molecule has 4 aromatic rings. The summed E-state index contributed by atoms with van der Waals surface area (Å²) in [5.74, 6) is -0.402. The predicted molar refractivity (Wildman–Crippen MR) is 141 cm³/mol. The fraction of sp³-hybridized carbons (Fsp3) is 0.185. The van der Waals surface area contributed by atoms with Gasteiger partial charge in [0.15, 0.2) is 0 Å². The summed E-state index contributed by atoms with van der Waals surface area (Å²) in [4.78, 5) is 17.7. The molecule has 180 valence electrons. The maximum atomic E-state index is 13.4. The van der Waals surface area contributed by atoms with Gasteiger partial charge in [0, 0.05) is 23.2 Å². The zero-order valence-electron chi connectivity index (χ0n) is 19.6. The third-order valence-corrected chi connectivity index (χ3v) is 8.17. The zero-order valence-corrected chi connectivity index (χ0v) is 21.3. The van der Waals surface area contributed by atoms with E-state index in [1.807, 2.05) is 67.8 Å². The monoisotopic (exact) mass is 505 g/mol. The van der Waals surface area contributed by atoms with E-state index in [1.54, 1.807) is 41.7 Å². The highest BCUT2D eigenvalue weighted by Gasteiger charge is 2.26. The van der Waals surface area contributed by atoms with Gasteiger partial charge < -0.3 is 5.32 Å². The molecule has 0 aliphatic rings. The Kier molecular flexibility index (Phi) is 7.75. The molecule has 0 unspecified atom stereocenters. The largest absolute Gasteiger partial charge is 0.325 e. The molecule has 0 radical (unpaired) electrons. The quantitative estimate of drug-likeness (QED) is 0.335. The minimum Gasteiger partial charge on any atom is -0.325 e. The van der Waals surface area contributed by atoms with Crippen LogP contribution in [0.15, 0.2) is 89.1 Å². The summed E-state index contributed by atoms with van der Waals surface area (Å²) in [6, 6.07) is 23.7. The van der Waals surface area contributed by atoms with Crippen molar-refractivity contribution in [2.45, 2.75) is 25.2 Å². The van der Waals surface area contributed by atoms with Gasteiger partial charge in [0.2, 0.25) is 15.9 Å². The molecule has 0 fully saturated rings. The van der Waals surface area contributed by atoms with Gasteiger partial charge in [-0.3, -0.25) is 4.79 Å². The van der Waals surface area contributed by atoms with Crippen molar-refractivity contribution in [1.29, 1.82) is 0 Å². The number of nitrogens with zero attached hydrogens (tertiary/aromatic N) is 2. The summed E-state index contributed by atoms with van der Waals surface area (Å²) < 4.78 is 28.1. The van der Waals surface area contributed by atoms with Crippen molar-refractivity contribution < 1.29 is 13.2 Å². The van der Waals surface area contributed by atoms with Crippen LogP contribution in [-0.4, -0.2) is 36.7 Å². The van der Waals surface area contributed by atoms with E-state index < -0.39 is 15.9 Å². The molecule has 0 saturated carbocycles. The van der Waals surface area contributed by atoms with E-state index in [0.29, 0.717) is 12.1 Å². The lowest BCUT2D eigenvalue weighted by atomic mass is 10.1. The van der Waals surface area contributed by atoms with E-state index in [2.05, 4.69) is 10.3 Å². The topological polar surface area (TPSA) is 79.4 Å². The van der Waals surface area contributed by atoms with Crippen LogP contribution in [0.25, 0.3) is 11.3 Å². The number of benzene rings is 3. The standard InChI is InChI=1S/C27H27N3O3S2/c1-20-11-13-25(14-12-20)35(32,33)30(16-15-22-7-4-3-5-8-22)18-27(31)29-24-10-6-9-23(17-24)26-19-34-21(2)28-26/h3-14,17,19H,15-16,18H2,1-2H3,(H,29,31). The molecule has 0 bridgehead atoms. The Morgan fingerprint density at radius 1 is 0.971 bits per heavy atom. The molecular formula is C27H27N3O3S2. The van der Waals surface area contributed by atoms with E-state index in [9.17, 15) is 13.2 Å². The van der Waals surface area contributed by atoms with Gasteiger partial charge in [0.25, 0.3) is 0 Å². The van der Waals surface area contributed by atoms with Crippen LogP contribution < -0.4 is 5.32 Å². The van der Waals surface area contributed by atoms with Gasteiger partial charge in [-0.25, -0.2) is 13.4 Å². The second kappa shape index (κ2) is 10.9. The second-order valence-electron chi connectivity index (χ2n) is 8.27. The number of carbonyl (C=O) groups excluding carboxylic acids is 1. The third kappa shape index (κ3) is 6.42. The molecule has 35 heavy (non-hydrogen) atoms.